The van der Waals surface area contributed by atoms with E-state index in [9.17, 15) is 0 Å². The van der Waals surface area contributed by atoms with Gasteiger partial charge in [-0.15, -0.1) is 0 Å². The Morgan fingerprint density at radius 3 is 1.97 bits per heavy atom. The zero-order valence-electron chi connectivity index (χ0n) is 17.2. The summed E-state index contributed by atoms with van der Waals surface area (Å²) in [4.78, 5) is 6.23. The second-order valence-corrected chi connectivity index (χ2v) is 7.28. The largest absolute Gasteiger partial charge is 0.293 e. The molecular weight excluding hydrogens is 354 g/mol. The smallest absolute Gasteiger partial charge is 0.104 e. The molecule has 3 rings (SSSR count). The van der Waals surface area contributed by atoms with E-state index in [1.807, 2.05) is 12.1 Å². The molecule has 150 valence electrons. The van der Waals surface area contributed by atoms with E-state index in [0.717, 1.165) is 25.7 Å². The lowest BCUT2D eigenvalue weighted by Crippen LogP contribution is -2.24. The Labute approximate surface area is 175 Å². The maximum atomic E-state index is 6.23. The molecule has 2 nitrogen and oxygen atoms in total. The molecule has 3 aromatic carbocycles. The van der Waals surface area contributed by atoms with Crippen molar-refractivity contribution in [3.8, 4) is 0 Å². The highest BCUT2D eigenvalue weighted by molar-refractivity contribution is 5.48. The summed E-state index contributed by atoms with van der Waals surface area (Å²) in [6, 6.07) is 31.6. The summed E-state index contributed by atoms with van der Waals surface area (Å²) in [6.07, 6.45) is 8.52. The summed E-state index contributed by atoms with van der Waals surface area (Å²) in [6.45, 7) is 2.20. The van der Waals surface area contributed by atoms with Crippen LogP contribution in [0.3, 0.4) is 0 Å². The van der Waals surface area contributed by atoms with Crippen LogP contribution in [0.15, 0.2) is 97.1 Å². The van der Waals surface area contributed by atoms with Crippen molar-refractivity contribution in [2.45, 2.75) is 44.8 Å². The van der Waals surface area contributed by atoms with Gasteiger partial charge in [0.05, 0.1) is 6.04 Å². The van der Waals surface area contributed by atoms with E-state index in [0.29, 0.717) is 0 Å². The molecule has 0 amide bonds. The second-order valence-electron chi connectivity index (χ2n) is 7.28. The van der Waals surface area contributed by atoms with Gasteiger partial charge in [-0.05, 0) is 36.0 Å². The fourth-order valence-electron chi connectivity index (χ4n) is 3.41. The van der Waals surface area contributed by atoms with E-state index in [2.05, 4.69) is 103 Å². The first-order valence-corrected chi connectivity index (χ1v) is 10.6. The van der Waals surface area contributed by atoms with E-state index < -0.39 is 0 Å². The molecule has 0 aliphatic carbocycles. The van der Waals surface area contributed by atoms with E-state index in [1.54, 1.807) is 0 Å². The molecule has 0 aliphatic rings. The Morgan fingerprint density at radius 2 is 1.34 bits per heavy atom. The third kappa shape index (κ3) is 7.01. The molecule has 0 bridgehead atoms. The normalized spacial score (nSPS) is 13.4. The van der Waals surface area contributed by atoms with Crippen LogP contribution in [0, 0.1) is 0 Å². The maximum Gasteiger partial charge on any atom is 0.104 e. The first-order valence-electron chi connectivity index (χ1n) is 10.6. The highest BCUT2D eigenvalue weighted by Crippen LogP contribution is 2.25. The van der Waals surface area contributed by atoms with Crippen LogP contribution >= 0.6 is 0 Å². The maximum absolute atomic E-state index is 6.23. The van der Waals surface area contributed by atoms with Crippen LogP contribution in [0.2, 0.25) is 0 Å². The molecule has 0 aromatic heterocycles. The molecular formula is C27H31NO. The molecule has 1 N–H and O–H groups in total. The van der Waals surface area contributed by atoms with Gasteiger partial charge in [-0.3, -0.25) is 4.84 Å². The Bertz CT molecular complexity index is 830. The monoisotopic (exact) mass is 385 g/mol. The minimum absolute atomic E-state index is 0.0623. The summed E-state index contributed by atoms with van der Waals surface area (Å²) in [5, 5.41) is 0. The van der Waals surface area contributed by atoms with Crippen molar-refractivity contribution in [1.82, 2.24) is 5.48 Å². The lowest BCUT2D eigenvalue weighted by Gasteiger charge is -2.23. The van der Waals surface area contributed by atoms with Crippen LogP contribution < -0.4 is 5.48 Å². The molecule has 2 atom stereocenters. The van der Waals surface area contributed by atoms with Gasteiger partial charge in [-0.25, -0.2) is 0 Å². The number of hydrogen-bond donors (Lipinski definition) is 1. The SMILES string of the molecule is CCCC(ONC(CC/C=C/c1ccccc1)c1ccccc1)c1ccccc1. The van der Waals surface area contributed by atoms with E-state index in [1.165, 1.54) is 16.7 Å². The van der Waals surface area contributed by atoms with Crippen molar-refractivity contribution in [3.05, 3.63) is 114 Å². The van der Waals surface area contributed by atoms with Gasteiger partial charge in [-0.1, -0.05) is 116 Å². The number of benzene rings is 3. The van der Waals surface area contributed by atoms with Crippen LogP contribution in [0.5, 0.6) is 0 Å². The van der Waals surface area contributed by atoms with Gasteiger partial charge in [0, 0.05) is 0 Å². The highest BCUT2D eigenvalue weighted by Gasteiger charge is 2.16. The van der Waals surface area contributed by atoms with Crippen LogP contribution in [-0.2, 0) is 4.84 Å². The molecule has 3 aromatic rings. The van der Waals surface area contributed by atoms with Gasteiger partial charge in [0.15, 0.2) is 0 Å². The van der Waals surface area contributed by atoms with Crippen molar-refractivity contribution in [1.29, 1.82) is 0 Å². The molecule has 0 heterocycles. The van der Waals surface area contributed by atoms with Gasteiger partial charge in [0.1, 0.15) is 6.10 Å². The molecule has 0 spiro atoms. The topological polar surface area (TPSA) is 21.3 Å². The standard InChI is InChI=1S/C27H31NO/c1-2-14-27(25-20-10-5-11-21-25)29-28-26(24-18-8-4-9-19-24)22-13-12-17-23-15-6-3-7-16-23/h3-12,15-21,26-28H,2,13-14,22H2,1H3/b17-12+. The Balaban J connectivity index is 1.63. The average Bonchev–Trinajstić information content (AvgIpc) is 2.79. The van der Waals surface area contributed by atoms with Gasteiger partial charge in [-0.2, -0.15) is 5.48 Å². The number of rotatable bonds is 11. The van der Waals surface area contributed by atoms with E-state index in [-0.39, 0.29) is 12.1 Å². The first kappa shape index (κ1) is 21.0. The highest BCUT2D eigenvalue weighted by atomic mass is 16.7. The average molecular weight is 386 g/mol. The Morgan fingerprint density at radius 1 is 0.759 bits per heavy atom. The number of hydrogen-bond acceptors (Lipinski definition) is 2. The van der Waals surface area contributed by atoms with E-state index >= 15 is 0 Å². The Kier molecular flexibility index (Phi) is 8.71. The van der Waals surface area contributed by atoms with Crippen molar-refractivity contribution in [3.63, 3.8) is 0 Å². The fourth-order valence-corrected chi connectivity index (χ4v) is 3.41. The summed E-state index contributed by atoms with van der Waals surface area (Å²) in [5.74, 6) is 0. The molecule has 0 saturated heterocycles. The van der Waals surface area contributed by atoms with Crippen molar-refractivity contribution in [2.24, 2.45) is 0 Å². The zero-order chi connectivity index (χ0) is 20.2. The summed E-state index contributed by atoms with van der Waals surface area (Å²) < 4.78 is 0. The molecule has 0 radical (unpaired) electrons. The van der Waals surface area contributed by atoms with Crippen molar-refractivity contribution < 1.29 is 4.84 Å². The number of nitrogens with one attached hydrogen (secondary N) is 1. The van der Waals surface area contributed by atoms with Crippen LogP contribution in [-0.4, -0.2) is 0 Å². The summed E-state index contributed by atoms with van der Waals surface area (Å²) >= 11 is 0. The van der Waals surface area contributed by atoms with Gasteiger partial charge >= 0.3 is 0 Å². The van der Waals surface area contributed by atoms with E-state index in [4.69, 9.17) is 4.84 Å². The summed E-state index contributed by atoms with van der Waals surface area (Å²) in [7, 11) is 0. The first-order chi connectivity index (χ1) is 14.4. The second kappa shape index (κ2) is 12.0. The minimum atomic E-state index is 0.0623. The predicted octanol–water partition coefficient (Wildman–Crippen LogP) is 7.28. The summed E-state index contributed by atoms with van der Waals surface area (Å²) in [5.41, 5.74) is 7.09. The van der Waals surface area contributed by atoms with Crippen LogP contribution in [0.25, 0.3) is 6.08 Å². The predicted molar refractivity (Wildman–Crippen MR) is 122 cm³/mol. The third-order valence-corrected chi connectivity index (χ3v) is 5.01. The zero-order valence-corrected chi connectivity index (χ0v) is 17.2. The molecule has 0 aliphatic heterocycles. The van der Waals surface area contributed by atoms with Crippen LogP contribution in [0.1, 0.15) is 61.4 Å². The quantitative estimate of drug-likeness (QED) is 0.350. The minimum Gasteiger partial charge on any atom is -0.293 e. The molecule has 2 heteroatoms. The lowest BCUT2D eigenvalue weighted by atomic mass is 10.0. The molecule has 29 heavy (non-hydrogen) atoms. The van der Waals surface area contributed by atoms with Crippen LogP contribution in [0.4, 0.5) is 0 Å². The number of allylic oxidation sites excluding steroid dienone is 1. The van der Waals surface area contributed by atoms with Gasteiger partial charge < -0.3 is 0 Å². The third-order valence-electron chi connectivity index (χ3n) is 5.01. The Hall–Kier alpha value is -2.68. The van der Waals surface area contributed by atoms with Gasteiger partial charge in [0.2, 0.25) is 0 Å². The van der Waals surface area contributed by atoms with Gasteiger partial charge in [0.25, 0.3) is 0 Å². The molecule has 2 unspecified atom stereocenters. The lowest BCUT2D eigenvalue weighted by molar-refractivity contribution is -0.0520. The number of hydroxylamine groups is 1. The van der Waals surface area contributed by atoms with Crippen molar-refractivity contribution in [2.75, 3.05) is 0 Å². The molecule has 0 saturated carbocycles. The fraction of sp³-hybridized carbons (Fsp3) is 0.259. The van der Waals surface area contributed by atoms with Crippen molar-refractivity contribution >= 4 is 6.08 Å². The molecule has 0 fully saturated rings.